The first kappa shape index (κ1) is 18.5. The van der Waals surface area contributed by atoms with E-state index in [2.05, 4.69) is 22.0 Å². The number of anilines is 2. The van der Waals surface area contributed by atoms with Crippen LogP contribution in [0.5, 0.6) is 0 Å². The maximum absolute atomic E-state index is 13.1. The molecule has 2 aromatic carbocycles. The van der Waals surface area contributed by atoms with E-state index in [9.17, 15) is 13.2 Å². The Balaban J connectivity index is 1.68. The van der Waals surface area contributed by atoms with Crippen molar-refractivity contribution < 1.29 is 13.2 Å². The molecule has 0 aliphatic carbocycles. The van der Waals surface area contributed by atoms with Crippen LogP contribution in [0.2, 0.25) is 0 Å². The zero-order valence-corrected chi connectivity index (χ0v) is 18.0. The lowest BCUT2D eigenvalue weighted by molar-refractivity contribution is 0.0993. The van der Waals surface area contributed by atoms with Crippen molar-refractivity contribution in [2.24, 2.45) is 0 Å². The summed E-state index contributed by atoms with van der Waals surface area (Å²) in [5.74, 6) is -0.0182. The van der Waals surface area contributed by atoms with E-state index in [1.54, 1.807) is 12.1 Å². The molecule has 27 heavy (non-hydrogen) atoms. The molecule has 2 heterocycles. The molecule has 0 spiro atoms. The summed E-state index contributed by atoms with van der Waals surface area (Å²) in [5.41, 5.74) is 2.70. The van der Waals surface area contributed by atoms with Gasteiger partial charge in [-0.2, -0.15) is 0 Å². The topological polar surface area (TPSA) is 57.7 Å². The van der Waals surface area contributed by atoms with E-state index in [1.165, 1.54) is 28.9 Å². The van der Waals surface area contributed by atoms with E-state index in [4.69, 9.17) is 0 Å². The smallest absolute Gasteiger partial charge is 0.268 e. The Morgan fingerprint density at radius 3 is 2.70 bits per heavy atom. The molecule has 0 saturated carbocycles. The van der Waals surface area contributed by atoms with Crippen LogP contribution in [0.1, 0.15) is 15.2 Å². The van der Waals surface area contributed by atoms with Gasteiger partial charge in [0.15, 0.2) is 0 Å². The number of carbonyl (C=O) groups is 1. The molecular formula is C19H17BrN2O3S2. The van der Waals surface area contributed by atoms with Crippen LogP contribution in [-0.2, 0) is 16.4 Å². The number of rotatable bonds is 3. The molecule has 0 fully saturated rings. The lowest BCUT2D eigenvalue weighted by Gasteiger charge is -2.16. The number of fused-ring (bicyclic) bond motifs is 2. The Bertz CT molecular complexity index is 1170. The molecule has 8 heteroatoms. The van der Waals surface area contributed by atoms with Crippen molar-refractivity contribution in [3.05, 3.63) is 57.4 Å². The highest BCUT2D eigenvalue weighted by atomic mass is 79.9. The van der Waals surface area contributed by atoms with E-state index < -0.39 is 10.0 Å². The van der Waals surface area contributed by atoms with Gasteiger partial charge in [0.2, 0.25) is 10.0 Å². The maximum Gasteiger partial charge on any atom is 0.268 e. The summed E-state index contributed by atoms with van der Waals surface area (Å²) in [6, 6.07) is 13.2. The van der Waals surface area contributed by atoms with Crippen molar-refractivity contribution in [1.82, 2.24) is 0 Å². The highest BCUT2D eigenvalue weighted by molar-refractivity contribution is 9.10. The Morgan fingerprint density at radius 1 is 1.19 bits per heavy atom. The maximum atomic E-state index is 13.1. The first-order chi connectivity index (χ1) is 12.7. The molecule has 5 nitrogen and oxygen atoms in total. The summed E-state index contributed by atoms with van der Waals surface area (Å²) < 4.78 is 26.7. The molecule has 1 aromatic heterocycles. The predicted octanol–water partition coefficient (Wildman–Crippen LogP) is 4.26. The van der Waals surface area contributed by atoms with Crippen molar-refractivity contribution >= 4 is 64.7 Å². The largest absolute Gasteiger partial charge is 0.307 e. The van der Waals surface area contributed by atoms with Crippen LogP contribution in [0.4, 0.5) is 11.4 Å². The van der Waals surface area contributed by atoms with Gasteiger partial charge in [-0.1, -0.05) is 15.9 Å². The molecule has 0 N–H and O–H groups in total. The number of hydrogen-bond acceptors (Lipinski definition) is 4. The lowest BCUT2D eigenvalue weighted by atomic mass is 10.2. The first-order valence-corrected chi connectivity index (χ1v) is 11.8. The van der Waals surface area contributed by atoms with Crippen LogP contribution in [0.25, 0.3) is 10.1 Å². The van der Waals surface area contributed by atoms with Crippen LogP contribution in [0, 0.1) is 0 Å². The summed E-state index contributed by atoms with van der Waals surface area (Å²) >= 11 is 4.90. The summed E-state index contributed by atoms with van der Waals surface area (Å²) in [6.45, 7) is 0.668. The fourth-order valence-corrected chi connectivity index (χ4v) is 5.13. The summed E-state index contributed by atoms with van der Waals surface area (Å²) in [4.78, 5) is 15.5. The third-order valence-electron chi connectivity index (χ3n) is 4.75. The molecule has 140 valence electrons. The normalized spacial score (nSPS) is 13.8. The van der Waals surface area contributed by atoms with Crippen LogP contribution in [0.3, 0.4) is 0 Å². The van der Waals surface area contributed by atoms with Crippen molar-refractivity contribution in [2.45, 2.75) is 6.42 Å². The SMILES string of the molecule is CN(c1ccc2sc(C(=O)N3CCc4cc(Br)ccc43)cc2c1)S(C)(=O)=O. The second-order valence-corrected chi connectivity index (χ2v) is 10.6. The van der Waals surface area contributed by atoms with Gasteiger partial charge in [-0.3, -0.25) is 9.10 Å². The Kier molecular flexibility index (Phi) is 4.52. The van der Waals surface area contributed by atoms with E-state index in [0.29, 0.717) is 17.1 Å². The Labute approximate surface area is 170 Å². The molecule has 0 atom stereocenters. The van der Waals surface area contributed by atoms with Gasteiger partial charge in [0.05, 0.1) is 16.8 Å². The summed E-state index contributed by atoms with van der Waals surface area (Å²) in [7, 11) is -1.80. The average Bonchev–Trinajstić information content (AvgIpc) is 3.22. The molecule has 0 saturated heterocycles. The number of nitrogens with zero attached hydrogens (tertiary/aromatic N) is 2. The highest BCUT2D eigenvalue weighted by Gasteiger charge is 2.27. The van der Waals surface area contributed by atoms with E-state index in [-0.39, 0.29) is 5.91 Å². The number of carbonyl (C=O) groups excluding carboxylic acids is 1. The molecule has 1 amide bonds. The van der Waals surface area contributed by atoms with Gasteiger partial charge in [0.25, 0.3) is 5.91 Å². The molecule has 1 aliphatic rings. The minimum Gasteiger partial charge on any atom is -0.307 e. The monoisotopic (exact) mass is 464 g/mol. The quantitative estimate of drug-likeness (QED) is 0.581. The molecule has 3 aromatic rings. The number of benzene rings is 2. The van der Waals surface area contributed by atoms with Gasteiger partial charge in [-0.15, -0.1) is 11.3 Å². The Hall–Kier alpha value is -1.90. The Morgan fingerprint density at radius 2 is 1.96 bits per heavy atom. The molecule has 0 unspecified atom stereocenters. The number of amides is 1. The van der Waals surface area contributed by atoms with Crippen LogP contribution < -0.4 is 9.21 Å². The van der Waals surface area contributed by atoms with Crippen LogP contribution in [-0.4, -0.2) is 34.2 Å². The first-order valence-electron chi connectivity index (χ1n) is 8.32. The third-order valence-corrected chi connectivity index (χ3v) is 7.56. The standard InChI is InChI=1S/C19H17BrN2O3S2/c1-21(27(2,24)25)15-4-6-17-13(10-15)11-18(26-17)19(23)22-8-7-12-9-14(20)3-5-16(12)22/h3-6,9-11H,7-8H2,1-2H3. The summed E-state index contributed by atoms with van der Waals surface area (Å²) in [6.07, 6.45) is 2.01. The number of halogens is 1. The zero-order valence-electron chi connectivity index (χ0n) is 14.8. The van der Waals surface area contributed by atoms with E-state index in [1.807, 2.05) is 29.2 Å². The number of thiophene rings is 1. The second-order valence-electron chi connectivity index (χ2n) is 6.54. The minimum absolute atomic E-state index is 0.0182. The predicted molar refractivity (Wildman–Crippen MR) is 115 cm³/mol. The average molecular weight is 465 g/mol. The van der Waals surface area contributed by atoms with Crippen molar-refractivity contribution in [1.29, 1.82) is 0 Å². The van der Waals surface area contributed by atoms with Crippen LogP contribution in [0.15, 0.2) is 46.9 Å². The molecule has 4 rings (SSSR count). The van der Waals surface area contributed by atoms with Gasteiger partial charge < -0.3 is 4.90 Å². The van der Waals surface area contributed by atoms with Crippen molar-refractivity contribution in [3.63, 3.8) is 0 Å². The van der Waals surface area contributed by atoms with E-state index >= 15 is 0 Å². The molecule has 0 radical (unpaired) electrons. The van der Waals surface area contributed by atoms with Gasteiger partial charge in [-0.25, -0.2) is 8.42 Å². The number of sulfonamides is 1. The highest BCUT2D eigenvalue weighted by Crippen LogP contribution is 2.35. The van der Waals surface area contributed by atoms with Gasteiger partial charge >= 0.3 is 0 Å². The van der Waals surface area contributed by atoms with Gasteiger partial charge in [0, 0.05) is 28.5 Å². The molecule has 1 aliphatic heterocycles. The molecular weight excluding hydrogens is 448 g/mol. The number of hydrogen-bond donors (Lipinski definition) is 0. The van der Waals surface area contributed by atoms with Crippen molar-refractivity contribution in [3.8, 4) is 0 Å². The zero-order chi connectivity index (χ0) is 19.3. The minimum atomic E-state index is -3.33. The second kappa shape index (κ2) is 6.61. The van der Waals surface area contributed by atoms with Crippen molar-refractivity contribution in [2.75, 3.05) is 29.1 Å². The van der Waals surface area contributed by atoms with Gasteiger partial charge in [0.1, 0.15) is 0 Å². The fourth-order valence-electron chi connectivity index (χ4n) is 3.24. The van der Waals surface area contributed by atoms with Gasteiger partial charge in [-0.05, 0) is 59.8 Å². The fraction of sp³-hybridized carbons (Fsp3) is 0.211. The third kappa shape index (κ3) is 3.37. The summed E-state index contributed by atoms with van der Waals surface area (Å²) in [5, 5.41) is 0.867. The molecule has 0 bridgehead atoms. The van der Waals surface area contributed by atoms with Crippen LogP contribution >= 0.6 is 27.3 Å². The lowest BCUT2D eigenvalue weighted by Crippen LogP contribution is -2.28. The van der Waals surface area contributed by atoms with E-state index in [0.717, 1.165) is 32.2 Å².